The minimum atomic E-state index is -0.101. The Morgan fingerprint density at radius 1 is 0.971 bits per heavy atom. The molecular weight excluding hydrogens is 426 g/mol. The molecule has 1 fully saturated rings. The monoisotopic (exact) mass is 455 g/mol. The van der Waals surface area contributed by atoms with Gasteiger partial charge in [-0.05, 0) is 36.2 Å². The lowest BCUT2D eigenvalue weighted by atomic mass is 9.94. The van der Waals surface area contributed by atoms with Gasteiger partial charge >= 0.3 is 0 Å². The molecule has 34 heavy (non-hydrogen) atoms. The maximum absolute atomic E-state index is 13.3. The van der Waals surface area contributed by atoms with E-state index >= 15 is 0 Å². The van der Waals surface area contributed by atoms with Crippen molar-refractivity contribution in [3.63, 3.8) is 0 Å². The van der Waals surface area contributed by atoms with Gasteiger partial charge in [0, 0.05) is 32.2 Å². The number of hydrogen-bond donors (Lipinski definition) is 0. The van der Waals surface area contributed by atoms with Crippen molar-refractivity contribution in [3.8, 4) is 17.2 Å². The standard InChI is InChI=1S/C28H29N3O3/c1-3-22(20-9-5-4-6-10-20)28(32)31-17-15-30(16-18-31)27-23-14-13-21(33-2)19-26(23)34-25-12-8-7-11-24(25)29-27/h4-14,19,22H,3,15-18H2,1-2H3. The normalized spacial score (nSPS) is 15.9. The number of methoxy groups -OCH3 is 1. The highest BCUT2D eigenvalue weighted by Crippen LogP contribution is 2.39. The van der Waals surface area contributed by atoms with Crippen LogP contribution in [0.25, 0.3) is 0 Å². The SMILES string of the molecule is CCC(C(=O)N1CCN(C2=Nc3ccccc3Oc3cc(OC)ccc32)CC1)c1ccccc1. The quantitative estimate of drug-likeness (QED) is 0.541. The van der Waals surface area contributed by atoms with Gasteiger partial charge in [-0.15, -0.1) is 0 Å². The van der Waals surface area contributed by atoms with Crippen molar-refractivity contribution in [3.05, 3.63) is 83.9 Å². The number of amides is 1. The zero-order valence-corrected chi connectivity index (χ0v) is 19.6. The third kappa shape index (κ3) is 4.23. The summed E-state index contributed by atoms with van der Waals surface area (Å²) in [6.45, 7) is 4.83. The summed E-state index contributed by atoms with van der Waals surface area (Å²) < 4.78 is 11.7. The Kier molecular flexibility index (Phi) is 6.21. The third-order valence-electron chi connectivity index (χ3n) is 6.54. The van der Waals surface area contributed by atoms with Crippen LogP contribution in [0.1, 0.15) is 30.4 Å². The Hall–Kier alpha value is -3.80. The second-order valence-corrected chi connectivity index (χ2v) is 8.55. The molecular formula is C28H29N3O3. The van der Waals surface area contributed by atoms with Crippen LogP contribution in [0, 0.1) is 0 Å². The lowest BCUT2D eigenvalue weighted by Crippen LogP contribution is -2.51. The molecule has 2 aliphatic rings. The van der Waals surface area contributed by atoms with Crippen LogP contribution < -0.4 is 9.47 Å². The van der Waals surface area contributed by atoms with Crippen LogP contribution in [0.4, 0.5) is 5.69 Å². The predicted molar refractivity (Wildman–Crippen MR) is 133 cm³/mol. The maximum Gasteiger partial charge on any atom is 0.230 e. The molecule has 0 aliphatic carbocycles. The number of benzene rings is 3. The highest BCUT2D eigenvalue weighted by atomic mass is 16.5. The number of para-hydroxylation sites is 2. The van der Waals surface area contributed by atoms with Gasteiger partial charge in [0.15, 0.2) is 5.75 Å². The molecule has 0 N–H and O–H groups in total. The molecule has 1 saturated heterocycles. The number of rotatable bonds is 4. The Morgan fingerprint density at radius 2 is 1.71 bits per heavy atom. The van der Waals surface area contributed by atoms with Crippen LogP contribution in [0.3, 0.4) is 0 Å². The zero-order chi connectivity index (χ0) is 23.5. The fraction of sp³-hybridized carbons (Fsp3) is 0.286. The molecule has 3 aromatic rings. The Morgan fingerprint density at radius 3 is 2.44 bits per heavy atom. The first-order chi connectivity index (χ1) is 16.7. The second kappa shape index (κ2) is 9.59. The van der Waals surface area contributed by atoms with Crippen molar-refractivity contribution in [1.82, 2.24) is 9.80 Å². The van der Waals surface area contributed by atoms with Crippen molar-refractivity contribution in [2.75, 3.05) is 33.3 Å². The van der Waals surface area contributed by atoms with Crippen LogP contribution in [0.2, 0.25) is 0 Å². The molecule has 0 aromatic heterocycles. The number of aliphatic imine (C=N–C) groups is 1. The van der Waals surface area contributed by atoms with Crippen LogP contribution in [-0.2, 0) is 4.79 Å². The van der Waals surface area contributed by atoms with Gasteiger partial charge in [-0.25, -0.2) is 4.99 Å². The van der Waals surface area contributed by atoms with E-state index in [4.69, 9.17) is 14.5 Å². The van der Waals surface area contributed by atoms with Gasteiger partial charge < -0.3 is 19.3 Å². The van der Waals surface area contributed by atoms with E-state index in [-0.39, 0.29) is 11.8 Å². The number of amidine groups is 1. The molecule has 6 nitrogen and oxygen atoms in total. The number of ether oxygens (including phenoxy) is 2. The number of nitrogens with zero attached hydrogens (tertiary/aromatic N) is 3. The highest BCUT2D eigenvalue weighted by molar-refractivity contribution is 6.04. The molecule has 0 saturated carbocycles. The van der Waals surface area contributed by atoms with Gasteiger partial charge in [0.2, 0.25) is 5.91 Å². The summed E-state index contributed by atoms with van der Waals surface area (Å²) >= 11 is 0. The molecule has 5 rings (SSSR count). The van der Waals surface area contributed by atoms with E-state index in [9.17, 15) is 4.79 Å². The number of carbonyl (C=O) groups excluding carboxylic acids is 1. The van der Waals surface area contributed by atoms with Crippen molar-refractivity contribution in [2.45, 2.75) is 19.3 Å². The Balaban J connectivity index is 1.39. The summed E-state index contributed by atoms with van der Waals surface area (Å²) in [5.41, 5.74) is 2.80. The Bertz CT molecular complexity index is 1200. The van der Waals surface area contributed by atoms with E-state index in [0.29, 0.717) is 26.2 Å². The largest absolute Gasteiger partial charge is 0.497 e. The van der Waals surface area contributed by atoms with E-state index in [1.165, 1.54) is 0 Å². The van der Waals surface area contributed by atoms with E-state index in [1.54, 1.807) is 7.11 Å². The Labute approximate surface area is 200 Å². The van der Waals surface area contributed by atoms with Gasteiger partial charge in [-0.3, -0.25) is 4.79 Å². The predicted octanol–water partition coefficient (Wildman–Crippen LogP) is 5.22. The minimum absolute atomic E-state index is 0.101. The van der Waals surface area contributed by atoms with Gasteiger partial charge in [-0.2, -0.15) is 0 Å². The number of piperazine rings is 1. The van der Waals surface area contributed by atoms with Gasteiger partial charge in [0.05, 0.1) is 18.6 Å². The summed E-state index contributed by atoms with van der Waals surface area (Å²) in [6.07, 6.45) is 0.791. The fourth-order valence-corrected chi connectivity index (χ4v) is 4.67. The molecule has 2 heterocycles. The smallest absolute Gasteiger partial charge is 0.230 e. The molecule has 174 valence electrons. The molecule has 0 radical (unpaired) electrons. The van der Waals surface area contributed by atoms with Gasteiger partial charge in [0.25, 0.3) is 0 Å². The average molecular weight is 456 g/mol. The number of hydrogen-bond acceptors (Lipinski definition) is 5. The van der Waals surface area contributed by atoms with Crippen LogP contribution in [-0.4, -0.2) is 54.8 Å². The van der Waals surface area contributed by atoms with E-state index in [2.05, 4.69) is 11.8 Å². The zero-order valence-electron chi connectivity index (χ0n) is 19.6. The van der Waals surface area contributed by atoms with Crippen molar-refractivity contribution >= 4 is 17.4 Å². The molecule has 3 aromatic carbocycles. The fourth-order valence-electron chi connectivity index (χ4n) is 4.67. The van der Waals surface area contributed by atoms with Gasteiger partial charge in [0.1, 0.15) is 23.0 Å². The number of fused-ring (bicyclic) bond motifs is 2. The third-order valence-corrected chi connectivity index (χ3v) is 6.54. The first-order valence-corrected chi connectivity index (χ1v) is 11.8. The maximum atomic E-state index is 13.3. The lowest BCUT2D eigenvalue weighted by molar-refractivity contribution is -0.134. The first kappa shape index (κ1) is 22.0. The summed E-state index contributed by atoms with van der Waals surface area (Å²) in [7, 11) is 1.65. The van der Waals surface area contributed by atoms with Gasteiger partial charge in [-0.1, -0.05) is 49.4 Å². The van der Waals surface area contributed by atoms with Crippen LogP contribution in [0.15, 0.2) is 77.8 Å². The minimum Gasteiger partial charge on any atom is -0.497 e. The van der Waals surface area contributed by atoms with Crippen LogP contribution in [0.5, 0.6) is 17.2 Å². The highest BCUT2D eigenvalue weighted by Gasteiger charge is 2.30. The average Bonchev–Trinajstić information content (AvgIpc) is 3.06. The number of carbonyl (C=O) groups is 1. The molecule has 1 atom stereocenters. The molecule has 2 aliphatic heterocycles. The van der Waals surface area contributed by atoms with Crippen molar-refractivity contribution in [1.29, 1.82) is 0 Å². The lowest BCUT2D eigenvalue weighted by Gasteiger charge is -2.38. The van der Waals surface area contributed by atoms with Crippen LogP contribution >= 0.6 is 0 Å². The summed E-state index contributed by atoms with van der Waals surface area (Å²) in [6, 6.07) is 23.7. The topological polar surface area (TPSA) is 54.4 Å². The van der Waals surface area contributed by atoms with Crippen molar-refractivity contribution in [2.24, 2.45) is 4.99 Å². The first-order valence-electron chi connectivity index (χ1n) is 11.8. The second-order valence-electron chi connectivity index (χ2n) is 8.55. The van der Waals surface area contributed by atoms with E-state index in [0.717, 1.165) is 46.3 Å². The van der Waals surface area contributed by atoms with E-state index in [1.807, 2.05) is 77.7 Å². The molecule has 0 bridgehead atoms. The summed E-state index contributed by atoms with van der Waals surface area (Å²) in [5.74, 6) is 3.14. The molecule has 6 heteroatoms. The molecule has 1 amide bonds. The summed E-state index contributed by atoms with van der Waals surface area (Å²) in [4.78, 5) is 22.6. The molecule has 1 unspecified atom stereocenters. The molecule has 0 spiro atoms. The van der Waals surface area contributed by atoms with E-state index < -0.39 is 0 Å². The summed E-state index contributed by atoms with van der Waals surface area (Å²) in [5, 5.41) is 0. The van der Waals surface area contributed by atoms with Crippen molar-refractivity contribution < 1.29 is 14.3 Å².